The fourth-order valence-corrected chi connectivity index (χ4v) is 2.04. The molecule has 2 aliphatic rings. The molecule has 1 saturated carbocycles. The van der Waals surface area contributed by atoms with Gasteiger partial charge in [-0.25, -0.2) is 0 Å². The molecule has 0 atom stereocenters. The second-order valence-electron chi connectivity index (χ2n) is 4.17. The van der Waals surface area contributed by atoms with Crippen molar-refractivity contribution in [2.75, 3.05) is 6.54 Å². The zero-order valence-electron chi connectivity index (χ0n) is 8.27. The summed E-state index contributed by atoms with van der Waals surface area (Å²) < 4.78 is 0. The van der Waals surface area contributed by atoms with E-state index in [1.165, 1.54) is 30.5 Å². The number of hydrogen-bond donors (Lipinski definition) is 1. The monoisotopic (exact) mass is 175 g/mol. The Morgan fingerprint density at radius 3 is 2.77 bits per heavy atom. The molecule has 70 valence electrons. The van der Waals surface area contributed by atoms with Gasteiger partial charge in [0, 0.05) is 12.2 Å². The topological polar surface area (TPSA) is 12.0 Å². The van der Waals surface area contributed by atoms with Crippen molar-refractivity contribution < 1.29 is 0 Å². The Kier molecular flexibility index (Phi) is 2.03. The van der Waals surface area contributed by atoms with Crippen LogP contribution in [0.25, 0.3) is 0 Å². The van der Waals surface area contributed by atoms with Crippen molar-refractivity contribution in [1.82, 2.24) is 5.32 Å². The summed E-state index contributed by atoms with van der Waals surface area (Å²) in [5.74, 6) is 0. The van der Waals surface area contributed by atoms with Gasteiger partial charge in [-0.2, -0.15) is 0 Å². The highest BCUT2D eigenvalue weighted by atomic mass is 14.9. The van der Waals surface area contributed by atoms with E-state index in [0.717, 1.165) is 6.54 Å². The molecule has 2 rings (SSSR count). The molecule has 1 fully saturated rings. The van der Waals surface area contributed by atoms with Crippen molar-refractivity contribution in [3.63, 3.8) is 0 Å². The third-order valence-electron chi connectivity index (χ3n) is 3.09. The van der Waals surface area contributed by atoms with Crippen molar-refractivity contribution in [2.45, 2.75) is 26.2 Å². The molecule has 1 N–H and O–H groups in total. The fraction of sp³-hybridized carbons (Fsp3) is 0.500. The first kappa shape index (κ1) is 8.61. The minimum absolute atomic E-state index is 0.612. The largest absolute Gasteiger partial charge is 0.384 e. The van der Waals surface area contributed by atoms with Crippen LogP contribution in [0.3, 0.4) is 0 Å². The lowest BCUT2D eigenvalue weighted by Gasteiger charge is -2.26. The second kappa shape index (κ2) is 3.06. The van der Waals surface area contributed by atoms with Gasteiger partial charge in [-0.3, -0.25) is 0 Å². The first-order valence-corrected chi connectivity index (χ1v) is 5.02. The number of allylic oxidation sites excluding steroid dienone is 4. The van der Waals surface area contributed by atoms with Crippen LogP contribution in [-0.2, 0) is 0 Å². The van der Waals surface area contributed by atoms with Crippen LogP contribution in [0.1, 0.15) is 26.2 Å². The van der Waals surface area contributed by atoms with E-state index < -0.39 is 0 Å². The Morgan fingerprint density at radius 2 is 2.23 bits per heavy atom. The lowest BCUT2D eigenvalue weighted by Crippen LogP contribution is -2.29. The molecule has 1 nitrogen and oxygen atoms in total. The highest BCUT2D eigenvalue weighted by Crippen LogP contribution is 2.52. The average molecular weight is 175 g/mol. The zero-order valence-corrected chi connectivity index (χ0v) is 8.27. The molecule has 0 saturated heterocycles. The number of nitrogens with one attached hydrogen (secondary N) is 1. The van der Waals surface area contributed by atoms with E-state index in [4.69, 9.17) is 0 Å². The van der Waals surface area contributed by atoms with E-state index in [9.17, 15) is 0 Å². The molecular formula is C12H17N. The smallest absolute Gasteiger partial charge is 0.0367 e. The summed E-state index contributed by atoms with van der Waals surface area (Å²) in [5, 5.41) is 3.47. The standard InChI is InChI=1S/C12H17N/c1-3-5-10-8-12(6-7-12)9-13-11(10)4-2/h3-5,13H,2,6-9H2,1H3/b5-3-. The zero-order chi connectivity index (χ0) is 9.31. The molecule has 13 heavy (non-hydrogen) atoms. The lowest BCUT2D eigenvalue weighted by atomic mass is 9.91. The number of rotatable bonds is 2. The Labute approximate surface area is 80.2 Å². The van der Waals surface area contributed by atoms with Gasteiger partial charge in [0.1, 0.15) is 0 Å². The normalized spacial score (nSPS) is 25.0. The molecule has 1 heteroatoms. The van der Waals surface area contributed by atoms with Gasteiger partial charge in [0.15, 0.2) is 0 Å². The maximum absolute atomic E-state index is 3.83. The van der Waals surface area contributed by atoms with Gasteiger partial charge in [0.2, 0.25) is 0 Å². The van der Waals surface area contributed by atoms with Crippen LogP contribution >= 0.6 is 0 Å². The molecule has 0 aromatic rings. The van der Waals surface area contributed by atoms with Crippen LogP contribution in [0.15, 0.2) is 36.1 Å². The highest BCUT2D eigenvalue weighted by Gasteiger charge is 2.44. The minimum atomic E-state index is 0.612. The molecule has 0 amide bonds. The van der Waals surface area contributed by atoms with Crippen molar-refractivity contribution in [3.8, 4) is 0 Å². The fourth-order valence-electron chi connectivity index (χ4n) is 2.04. The van der Waals surface area contributed by atoms with E-state index >= 15 is 0 Å². The number of hydrogen-bond acceptors (Lipinski definition) is 1. The van der Waals surface area contributed by atoms with Crippen LogP contribution < -0.4 is 5.32 Å². The van der Waals surface area contributed by atoms with Gasteiger partial charge in [-0.05, 0) is 43.3 Å². The third-order valence-corrected chi connectivity index (χ3v) is 3.09. The summed E-state index contributed by atoms with van der Waals surface area (Å²) in [5.41, 5.74) is 3.28. The highest BCUT2D eigenvalue weighted by molar-refractivity contribution is 5.35. The molecule has 0 aromatic heterocycles. The summed E-state index contributed by atoms with van der Waals surface area (Å²) >= 11 is 0. The van der Waals surface area contributed by atoms with Crippen LogP contribution in [0.2, 0.25) is 0 Å². The van der Waals surface area contributed by atoms with Gasteiger partial charge >= 0.3 is 0 Å². The predicted octanol–water partition coefficient (Wildman–Crippen LogP) is 2.78. The minimum Gasteiger partial charge on any atom is -0.384 e. The van der Waals surface area contributed by atoms with Crippen molar-refractivity contribution in [3.05, 3.63) is 36.1 Å². The van der Waals surface area contributed by atoms with Crippen LogP contribution in [-0.4, -0.2) is 6.54 Å². The Balaban J connectivity index is 2.22. The Hall–Kier alpha value is -0.980. The van der Waals surface area contributed by atoms with Crippen molar-refractivity contribution in [1.29, 1.82) is 0 Å². The van der Waals surface area contributed by atoms with Crippen molar-refractivity contribution >= 4 is 0 Å². The SMILES string of the molecule is C=CC1=C(/C=C\C)CC2(CC2)CN1. The van der Waals surface area contributed by atoms with Crippen LogP contribution in [0.5, 0.6) is 0 Å². The summed E-state index contributed by atoms with van der Waals surface area (Å²) in [6, 6.07) is 0. The van der Waals surface area contributed by atoms with E-state index in [1.54, 1.807) is 0 Å². The molecule has 0 aromatic carbocycles. The molecule has 1 heterocycles. The first-order valence-electron chi connectivity index (χ1n) is 5.02. The predicted molar refractivity (Wildman–Crippen MR) is 56.3 cm³/mol. The second-order valence-corrected chi connectivity index (χ2v) is 4.17. The molecule has 1 aliphatic carbocycles. The van der Waals surface area contributed by atoms with Gasteiger partial charge in [0.25, 0.3) is 0 Å². The van der Waals surface area contributed by atoms with E-state index in [1.807, 2.05) is 6.08 Å². The molecule has 0 bridgehead atoms. The summed E-state index contributed by atoms with van der Waals surface area (Å²) in [7, 11) is 0. The lowest BCUT2D eigenvalue weighted by molar-refractivity contribution is 0.456. The van der Waals surface area contributed by atoms with Crippen LogP contribution in [0, 0.1) is 5.41 Å². The molecule has 0 unspecified atom stereocenters. The first-order chi connectivity index (χ1) is 6.29. The van der Waals surface area contributed by atoms with Gasteiger partial charge in [-0.1, -0.05) is 18.7 Å². The molecular weight excluding hydrogens is 158 g/mol. The molecule has 0 radical (unpaired) electrons. The van der Waals surface area contributed by atoms with Gasteiger partial charge in [0.05, 0.1) is 0 Å². The maximum atomic E-state index is 3.83. The van der Waals surface area contributed by atoms with Gasteiger partial charge < -0.3 is 5.32 Å². The summed E-state index contributed by atoms with van der Waals surface area (Å²) in [6.45, 7) is 7.05. The Morgan fingerprint density at radius 1 is 1.46 bits per heavy atom. The quantitative estimate of drug-likeness (QED) is 0.680. The summed E-state index contributed by atoms with van der Waals surface area (Å²) in [4.78, 5) is 0. The van der Waals surface area contributed by atoms with Crippen molar-refractivity contribution in [2.24, 2.45) is 5.41 Å². The Bertz CT molecular complexity index is 279. The average Bonchev–Trinajstić information content (AvgIpc) is 2.86. The summed E-state index contributed by atoms with van der Waals surface area (Å²) in [6.07, 6.45) is 10.3. The maximum Gasteiger partial charge on any atom is 0.0367 e. The van der Waals surface area contributed by atoms with E-state index in [2.05, 4.69) is 31.0 Å². The van der Waals surface area contributed by atoms with Crippen LogP contribution in [0.4, 0.5) is 0 Å². The van der Waals surface area contributed by atoms with Gasteiger partial charge in [-0.15, -0.1) is 0 Å². The molecule has 1 aliphatic heterocycles. The molecule has 1 spiro atoms. The van der Waals surface area contributed by atoms with E-state index in [-0.39, 0.29) is 0 Å². The third kappa shape index (κ3) is 1.55. The van der Waals surface area contributed by atoms with E-state index in [0.29, 0.717) is 5.41 Å².